The zero-order valence-corrected chi connectivity index (χ0v) is 54.9. The number of carbonyl (C=O) groups excluding carboxylic acids is 10. The molecule has 0 N–H and O–H groups in total. The Morgan fingerprint density at radius 1 is 0.342 bits per heavy atom. The van der Waals surface area contributed by atoms with E-state index in [1.165, 1.54) is 65.1 Å². The Balaban J connectivity index is -0.000000227. The lowest BCUT2D eigenvalue weighted by molar-refractivity contribution is -0.172. The second-order valence-corrected chi connectivity index (χ2v) is 23.5. The van der Waals surface area contributed by atoms with Crippen LogP contribution in [0.2, 0.25) is 0 Å². The summed E-state index contributed by atoms with van der Waals surface area (Å²) in [5.74, 6) is -4.42. The highest BCUT2D eigenvalue weighted by molar-refractivity contribution is 8.16. The van der Waals surface area contributed by atoms with Gasteiger partial charge in [0, 0.05) is 76.1 Å². The SMILES string of the molecule is C=C(C)C(=O)OCOC(=O)C(=C)C.C=C(C)C(=O)OCOC(=O)C(=C)C.C=C(C)C(=O)OCOC(=O)C(C)CSCSC(C)C(=O)OCOC(=O)C(=C)C.CC(CSCS)C(=O)OCOC(=O)C(C)CSCS.SCS.SCS. The fraction of sp³-hybridized carbons (Fsp3) is 0.551. The first-order valence-electron chi connectivity index (χ1n) is 22.4. The smallest absolute Gasteiger partial charge is 0.335 e. The Bertz CT molecular complexity index is 1760. The lowest BCUT2D eigenvalue weighted by Gasteiger charge is -2.13. The fourth-order valence-electron chi connectivity index (χ4n) is 3.09. The van der Waals surface area contributed by atoms with Gasteiger partial charge in [-0.25, -0.2) is 28.8 Å². The highest BCUT2D eigenvalue weighted by atomic mass is 32.2. The largest absolute Gasteiger partial charge is 0.428 e. The minimum Gasteiger partial charge on any atom is -0.428 e. The van der Waals surface area contributed by atoms with Gasteiger partial charge < -0.3 is 47.4 Å². The summed E-state index contributed by atoms with van der Waals surface area (Å²) in [6.45, 7) is 34.1. The summed E-state index contributed by atoms with van der Waals surface area (Å²) < 4.78 is 46.8. The van der Waals surface area contributed by atoms with Crippen LogP contribution in [-0.4, -0.2) is 142 Å². The average molecular weight is 1310 g/mol. The number of ether oxygens (including phenoxy) is 10. The van der Waals surface area contributed by atoms with Crippen molar-refractivity contribution in [2.75, 3.05) is 76.6 Å². The van der Waals surface area contributed by atoms with Gasteiger partial charge in [0.15, 0.2) is 0 Å². The van der Waals surface area contributed by atoms with Crippen LogP contribution in [0.25, 0.3) is 0 Å². The normalized spacial score (nSPS) is 11.0. The summed E-state index contributed by atoms with van der Waals surface area (Å²) in [4.78, 5) is 112. The molecule has 0 amide bonds. The molecule has 0 aliphatic rings. The van der Waals surface area contributed by atoms with Crippen LogP contribution in [0.15, 0.2) is 72.9 Å². The molecule has 0 aromatic heterocycles. The lowest BCUT2D eigenvalue weighted by Crippen LogP contribution is -2.23. The molecule has 0 saturated carbocycles. The van der Waals surface area contributed by atoms with E-state index < -0.39 is 86.1 Å². The Morgan fingerprint density at radius 3 is 0.747 bits per heavy atom. The van der Waals surface area contributed by atoms with Gasteiger partial charge in [0.1, 0.15) is 5.25 Å². The molecule has 0 fully saturated rings. The molecule has 0 aromatic carbocycles. The Morgan fingerprint density at radius 2 is 0.532 bits per heavy atom. The van der Waals surface area contributed by atoms with Gasteiger partial charge in [-0.1, -0.05) is 60.2 Å². The summed E-state index contributed by atoms with van der Waals surface area (Å²) in [6.07, 6.45) is 0. The van der Waals surface area contributed by atoms with Crippen LogP contribution in [0.1, 0.15) is 69.2 Å². The topological polar surface area (TPSA) is 263 Å². The number of hydrogen-bond acceptors (Lipinski definition) is 30. The molecule has 79 heavy (non-hydrogen) atoms. The first-order valence-corrected chi connectivity index (χ1v) is 30.7. The van der Waals surface area contributed by atoms with Gasteiger partial charge in [-0.15, -0.1) is 11.8 Å². The molecule has 0 spiro atoms. The molecular formula is C49H78O20S10. The minimum absolute atomic E-state index is 0.219. The third-order valence-corrected chi connectivity index (χ3v) is 12.8. The van der Waals surface area contributed by atoms with Gasteiger partial charge in [0.05, 0.1) is 17.8 Å². The average Bonchev–Trinajstić information content (AvgIpc) is 3.38. The molecule has 0 bridgehead atoms. The Kier molecular flexibility index (Phi) is 63.6. The number of esters is 10. The van der Waals surface area contributed by atoms with E-state index >= 15 is 0 Å². The van der Waals surface area contributed by atoms with Crippen molar-refractivity contribution in [2.24, 2.45) is 17.8 Å². The van der Waals surface area contributed by atoms with Crippen molar-refractivity contribution in [3.63, 3.8) is 0 Å². The summed E-state index contributed by atoms with van der Waals surface area (Å²) in [7, 11) is 0. The molecule has 30 heteroatoms. The van der Waals surface area contributed by atoms with Crippen molar-refractivity contribution in [3.05, 3.63) is 72.9 Å². The Labute approximate surface area is 515 Å². The van der Waals surface area contributed by atoms with Gasteiger partial charge in [-0.05, 0) is 48.5 Å². The van der Waals surface area contributed by atoms with Gasteiger partial charge in [-0.2, -0.15) is 111 Å². The van der Waals surface area contributed by atoms with Crippen LogP contribution in [0.5, 0.6) is 0 Å². The molecule has 0 heterocycles. The predicted octanol–water partition coefficient (Wildman–Crippen LogP) is 9.19. The van der Waals surface area contributed by atoms with E-state index in [-0.39, 0.29) is 64.0 Å². The van der Waals surface area contributed by atoms with Gasteiger partial charge >= 0.3 is 59.7 Å². The molecule has 0 saturated heterocycles. The minimum atomic E-state index is -0.626. The lowest BCUT2D eigenvalue weighted by atomic mass is 10.2. The van der Waals surface area contributed by atoms with E-state index in [0.29, 0.717) is 42.7 Å². The van der Waals surface area contributed by atoms with E-state index in [0.717, 1.165) is 0 Å². The van der Waals surface area contributed by atoms with E-state index in [9.17, 15) is 47.9 Å². The number of hydrogen-bond donors (Lipinski definition) is 6. The first-order chi connectivity index (χ1) is 36.8. The summed E-state index contributed by atoms with van der Waals surface area (Å²) in [5.41, 5.74) is 1.46. The van der Waals surface area contributed by atoms with Crippen molar-refractivity contribution >= 4 is 183 Å². The highest BCUT2D eigenvalue weighted by Crippen LogP contribution is 2.21. The van der Waals surface area contributed by atoms with Crippen LogP contribution < -0.4 is 0 Å². The number of rotatable bonds is 31. The second kappa shape index (κ2) is 57.9. The quantitative estimate of drug-likeness (QED) is 0.00943. The van der Waals surface area contributed by atoms with Crippen LogP contribution in [0.3, 0.4) is 0 Å². The molecule has 4 unspecified atom stereocenters. The third kappa shape index (κ3) is 59.1. The predicted molar refractivity (Wildman–Crippen MR) is 334 cm³/mol. The molecular weight excluding hydrogens is 1230 g/mol. The van der Waals surface area contributed by atoms with E-state index in [1.54, 1.807) is 51.2 Å². The zero-order chi connectivity index (χ0) is 62.6. The molecule has 4 atom stereocenters. The molecule has 20 nitrogen and oxygen atoms in total. The Hall–Kier alpha value is -3.36. The van der Waals surface area contributed by atoms with Crippen molar-refractivity contribution in [3.8, 4) is 0 Å². The van der Waals surface area contributed by atoms with Crippen molar-refractivity contribution in [1.29, 1.82) is 0 Å². The number of thiol groups is 6. The number of carbonyl (C=O) groups is 10. The molecule has 0 aromatic rings. The maximum Gasteiger partial charge on any atom is 0.335 e. The summed E-state index contributed by atoms with van der Waals surface area (Å²) in [5, 5.41) is 2.68. The maximum atomic E-state index is 11.8. The monoisotopic (exact) mass is 1310 g/mol. The molecule has 0 aliphatic heterocycles. The van der Waals surface area contributed by atoms with Crippen LogP contribution in [0.4, 0.5) is 0 Å². The summed E-state index contributed by atoms with van der Waals surface area (Å²) in [6, 6.07) is 0. The number of thioether (sulfide) groups is 4. The van der Waals surface area contributed by atoms with Crippen LogP contribution in [-0.2, 0) is 95.3 Å². The summed E-state index contributed by atoms with van der Waals surface area (Å²) >= 11 is 28.6. The molecule has 0 aliphatic carbocycles. The first kappa shape index (κ1) is 86.9. The second-order valence-electron chi connectivity index (χ2n) is 15.0. The van der Waals surface area contributed by atoms with Crippen molar-refractivity contribution in [2.45, 2.75) is 74.5 Å². The molecule has 454 valence electrons. The molecule has 0 rings (SSSR count). The zero-order valence-electron chi connectivity index (χ0n) is 46.2. The van der Waals surface area contributed by atoms with E-state index in [1.807, 2.05) is 0 Å². The van der Waals surface area contributed by atoms with E-state index in [4.69, 9.17) is 18.9 Å². The van der Waals surface area contributed by atoms with Gasteiger partial charge in [0.25, 0.3) is 0 Å². The van der Waals surface area contributed by atoms with Crippen LogP contribution >= 0.6 is 123 Å². The maximum absolute atomic E-state index is 11.8. The van der Waals surface area contributed by atoms with E-state index in [2.05, 4.69) is 144 Å². The van der Waals surface area contributed by atoms with Gasteiger partial charge in [-0.3, -0.25) is 19.2 Å². The van der Waals surface area contributed by atoms with Gasteiger partial charge in [0.2, 0.25) is 34.0 Å². The third-order valence-electron chi connectivity index (χ3n) is 7.26. The fourth-order valence-corrected chi connectivity index (χ4v) is 7.19. The van der Waals surface area contributed by atoms with Crippen LogP contribution in [0, 0.1) is 17.8 Å². The van der Waals surface area contributed by atoms with Crippen molar-refractivity contribution < 1.29 is 95.3 Å². The molecule has 0 radical (unpaired) electrons. The van der Waals surface area contributed by atoms with Crippen molar-refractivity contribution in [1.82, 2.24) is 0 Å². The highest BCUT2D eigenvalue weighted by Gasteiger charge is 2.20. The standard InChI is InChI=1S/C18H26O8S2.C11H20O4S4.2C9H12O4.2CH4S2/c1-11(2)15(19)23-8-25-17(21)13(5)7-27-10-28-14(6)18(22)26-9-24-16(20)12(3)4;1-8(3-18-6-16)10(12)14-5-15-11(13)9(2)4-19-7-17;2*1-6(2)8(10)12-5-13-9(11)7(3)4;2*2-1-3/h13-14H,1,3,7-10H2,2,4-6H3;8-9,16-17H,3-7H2,1-2H3;2*1,3,5H2,2,4H3;2*2-3H,1H2.